The molecule has 394 valence electrons. The van der Waals surface area contributed by atoms with E-state index in [1.807, 2.05) is 0 Å². The Morgan fingerprint density at radius 1 is 0.611 bits per heavy atom. The van der Waals surface area contributed by atoms with Gasteiger partial charge in [-0.3, -0.25) is 52.9 Å². The van der Waals surface area contributed by atoms with E-state index in [1.54, 1.807) is 0 Å². The van der Waals surface area contributed by atoms with Crippen LogP contribution in [-0.2, 0) is 60.8 Å². The topological polar surface area (TPSA) is 443 Å². The number of aromatic hydroxyl groups is 2. The summed E-state index contributed by atoms with van der Waals surface area (Å²) in [5.74, 6) is -10.4. The predicted octanol–water partition coefficient (Wildman–Crippen LogP) is -3.19. The molecule has 0 spiro atoms. The van der Waals surface area contributed by atoms with Crippen molar-refractivity contribution < 1.29 is 68.4 Å². The molecule has 1 heterocycles. The third kappa shape index (κ3) is 20.1. The van der Waals surface area contributed by atoms with Crippen molar-refractivity contribution in [1.29, 1.82) is 0 Å². The van der Waals surface area contributed by atoms with Gasteiger partial charge in [-0.25, -0.2) is 0 Å². The van der Waals surface area contributed by atoms with Crippen LogP contribution in [0, 0.1) is 0 Å². The SMILES string of the molecule is CC(=O)N1CCC[C@H]1C(=O)N[C@@H](CCC(=O)O)C(=O)N[C@@H](CCCCN)C(=O)N[C@@H](CCCN=C(N)N)C(=O)N[C@@H](Cc1ccc(O)cc1)C(=O)N[C@@H](CC(=O)O)C(=O)N[C@@H](Cc1ccc(O)cc1)C(N)=O. The third-order valence-corrected chi connectivity index (χ3v) is 11.5. The van der Waals surface area contributed by atoms with Gasteiger partial charge in [0.05, 0.1) is 6.42 Å². The number of hydrogen-bond acceptors (Lipinski definition) is 14. The van der Waals surface area contributed by atoms with Crippen LogP contribution in [0.5, 0.6) is 11.5 Å². The number of likely N-dealkylation sites (tertiary alicyclic amines) is 1. The van der Waals surface area contributed by atoms with E-state index in [0.717, 1.165) is 0 Å². The van der Waals surface area contributed by atoms with Gasteiger partial charge in [0.2, 0.25) is 47.3 Å². The van der Waals surface area contributed by atoms with Gasteiger partial charge in [0.1, 0.15) is 53.8 Å². The number of rotatable bonds is 30. The second-order valence-electron chi connectivity index (χ2n) is 17.1. The average Bonchev–Trinajstić information content (AvgIpc) is 3.82. The molecule has 8 amide bonds. The molecule has 0 bridgehead atoms. The van der Waals surface area contributed by atoms with Crippen LogP contribution in [0.25, 0.3) is 0 Å². The molecule has 0 unspecified atom stereocenters. The monoisotopic (exact) mass is 1010 g/mol. The Hall–Kier alpha value is -8.03. The molecule has 26 heteroatoms. The molecular formula is C46H66N12O14. The number of aliphatic carboxylic acids is 2. The number of carboxylic acids is 2. The van der Waals surface area contributed by atoms with Gasteiger partial charge in [-0.1, -0.05) is 24.3 Å². The van der Waals surface area contributed by atoms with Gasteiger partial charge in [0, 0.05) is 39.3 Å². The number of aliphatic imine (C=N–C) groups is 1. The van der Waals surface area contributed by atoms with Crippen molar-refractivity contribution >= 4 is 65.2 Å². The van der Waals surface area contributed by atoms with Crippen LogP contribution < -0.4 is 54.8 Å². The Kier molecular flexibility index (Phi) is 23.7. The van der Waals surface area contributed by atoms with Crippen LogP contribution in [0.3, 0.4) is 0 Å². The highest BCUT2D eigenvalue weighted by Crippen LogP contribution is 2.19. The van der Waals surface area contributed by atoms with Crippen molar-refractivity contribution in [3.63, 3.8) is 0 Å². The summed E-state index contributed by atoms with van der Waals surface area (Å²) in [6.07, 6.45) is -1.16. The molecule has 3 rings (SSSR count). The Balaban J connectivity index is 1.95. The summed E-state index contributed by atoms with van der Waals surface area (Å²) < 4.78 is 0. The van der Waals surface area contributed by atoms with E-state index in [-0.39, 0.29) is 75.0 Å². The number of nitrogens with two attached hydrogens (primary N) is 4. The number of hydrogen-bond donors (Lipinski definition) is 14. The van der Waals surface area contributed by atoms with E-state index in [1.165, 1.54) is 60.4 Å². The van der Waals surface area contributed by atoms with Crippen molar-refractivity contribution in [2.45, 2.75) is 126 Å². The highest BCUT2D eigenvalue weighted by Gasteiger charge is 2.37. The van der Waals surface area contributed by atoms with Gasteiger partial charge in [0.25, 0.3) is 0 Å². The number of carboxylic acid groups (broad SMARTS) is 2. The maximum atomic E-state index is 14.4. The average molecular weight is 1010 g/mol. The summed E-state index contributed by atoms with van der Waals surface area (Å²) in [4.78, 5) is 137. The highest BCUT2D eigenvalue weighted by atomic mass is 16.4. The molecule has 72 heavy (non-hydrogen) atoms. The smallest absolute Gasteiger partial charge is 0.305 e. The molecule has 1 aliphatic rings. The zero-order valence-corrected chi connectivity index (χ0v) is 39.8. The first kappa shape index (κ1) is 58.3. The van der Waals surface area contributed by atoms with Crippen LogP contribution >= 0.6 is 0 Å². The van der Waals surface area contributed by atoms with Gasteiger partial charge >= 0.3 is 11.9 Å². The lowest BCUT2D eigenvalue weighted by Crippen LogP contribution is -2.60. The maximum Gasteiger partial charge on any atom is 0.305 e. The van der Waals surface area contributed by atoms with E-state index in [0.29, 0.717) is 36.9 Å². The number of benzene rings is 2. The minimum absolute atomic E-state index is 0.0336. The number of nitrogens with zero attached hydrogens (tertiary/aromatic N) is 2. The van der Waals surface area contributed by atoms with Gasteiger partial charge in [-0.15, -0.1) is 0 Å². The normalized spacial score (nSPS) is 15.5. The maximum absolute atomic E-state index is 14.4. The van der Waals surface area contributed by atoms with Gasteiger partial charge in [0.15, 0.2) is 5.96 Å². The first-order chi connectivity index (χ1) is 34.1. The number of phenolic OH excluding ortho intramolecular Hbond substituents is 2. The Bertz CT molecular complexity index is 2260. The number of unbranched alkanes of at least 4 members (excludes halogenated alkanes) is 1. The van der Waals surface area contributed by atoms with Crippen molar-refractivity contribution in [2.24, 2.45) is 27.9 Å². The molecule has 0 saturated carbocycles. The van der Waals surface area contributed by atoms with E-state index in [2.05, 4.69) is 36.9 Å². The van der Waals surface area contributed by atoms with E-state index in [9.17, 15) is 68.4 Å². The molecule has 7 atom stereocenters. The summed E-state index contributed by atoms with van der Waals surface area (Å²) in [5.41, 5.74) is 23.1. The standard InChI is InChI=1S/C46H66N12O14/c1-25(59)58-21-5-8-36(58)45(72)54-32(17-18-37(62)63)42(69)52-30(6-2-3-19-47)40(67)53-31(7-4-20-51-46(49)50)41(68)56-34(23-27-11-15-29(61)16-12-27)43(70)57-35(24-38(64)65)44(71)55-33(39(48)66)22-26-9-13-28(60)14-10-26/h9-16,30-36,60-61H,2-8,17-24,47H2,1H3,(H2,48,66)(H,52,69)(H,53,67)(H,54,72)(H,55,71)(H,56,68)(H,57,70)(H,62,63)(H,64,65)(H4,49,50,51)/t30-,31-,32-,33-,34-,35-,36-/m0/s1. The Morgan fingerprint density at radius 2 is 1.07 bits per heavy atom. The van der Waals surface area contributed by atoms with Crippen molar-refractivity contribution in [3.8, 4) is 11.5 Å². The zero-order valence-electron chi connectivity index (χ0n) is 39.8. The lowest BCUT2D eigenvalue weighted by molar-refractivity contribution is -0.141. The number of nitrogens with one attached hydrogen (secondary N) is 6. The van der Waals surface area contributed by atoms with Gasteiger partial charge in [-0.05, 0) is 93.3 Å². The zero-order chi connectivity index (χ0) is 53.5. The summed E-state index contributed by atoms with van der Waals surface area (Å²) in [5, 5.41) is 53.7. The largest absolute Gasteiger partial charge is 0.508 e. The minimum Gasteiger partial charge on any atom is -0.508 e. The van der Waals surface area contributed by atoms with Crippen LogP contribution in [-0.4, -0.2) is 152 Å². The minimum atomic E-state index is -1.85. The molecule has 1 saturated heterocycles. The number of amides is 8. The molecule has 2 aromatic rings. The molecule has 26 nitrogen and oxygen atoms in total. The van der Waals surface area contributed by atoms with Crippen molar-refractivity contribution in [2.75, 3.05) is 19.6 Å². The number of carbonyl (C=O) groups is 10. The quantitative estimate of drug-likeness (QED) is 0.0208. The Labute approximate surface area is 414 Å². The third-order valence-electron chi connectivity index (χ3n) is 11.5. The number of guanidine groups is 1. The van der Waals surface area contributed by atoms with E-state index >= 15 is 0 Å². The molecule has 1 fully saturated rings. The molecule has 0 radical (unpaired) electrons. The van der Waals surface area contributed by atoms with Gasteiger partial charge < -0.3 is 80.2 Å². The summed E-state index contributed by atoms with van der Waals surface area (Å²) >= 11 is 0. The first-order valence-electron chi connectivity index (χ1n) is 23.2. The van der Waals surface area contributed by atoms with Crippen LogP contribution in [0.15, 0.2) is 53.5 Å². The van der Waals surface area contributed by atoms with Crippen molar-refractivity contribution in [1.82, 2.24) is 36.8 Å². The molecule has 1 aliphatic heterocycles. The summed E-state index contributed by atoms with van der Waals surface area (Å²) in [7, 11) is 0. The van der Waals surface area contributed by atoms with E-state index in [4.69, 9.17) is 22.9 Å². The van der Waals surface area contributed by atoms with Gasteiger partial charge in [-0.2, -0.15) is 0 Å². The first-order valence-corrected chi connectivity index (χ1v) is 23.2. The van der Waals surface area contributed by atoms with Crippen molar-refractivity contribution in [3.05, 3.63) is 59.7 Å². The second kappa shape index (κ2) is 29.2. The lowest BCUT2D eigenvalue weighted by atomic mass is 10.0. The fourth-order valence-electron chi connectivity index (χ4n) is 7.67. The van der Waals surface area contributed by atoms with Crippen LogP contribution in [0.4, 0.5) is 0 Å². The summed E-state index contributed by atoms with van der Waals surface area (Å²) in [6.45, 7) is 1.76. The fourth-order valence-corrected chi connectivity index (χ4v) is 7.67. The fraction of sp³-hybridized carbons (Fsp3) is 0.500. The molecule has 0 aromatic heterocycles. The molecule has 2 aromatic carbocycles. The highest BCUT2D eigenvalue weighted by molar-refractivity contribution is 5.98. The second-order valence-corrected chi connectivity index (χ2v) is 17.1. The number of carbonyl (C=O) groups excluding carboxylic acids is 8. The molecular weight excluding hydrogens is 945 g/mol. The lowest BCUT2D eigenvalue weighted by Gasteiger charge is -2.28. The van der Waals surface area contributed by atoms with Crippen LogP contribution in [0.2, 0.25) is 0 Å². The number of primary amides is 1. The van der Waals surface area contributed by atoms with E-state index < -0.39 is 115 Å². The summed E-state index contributed by atoms with van der Waals surface area (Å²) in [6, 6.07) is 0.850. The Morgan fingerprint density at radius 3 is 1.56 bits per heavy atom. The molecule has 0 aliphatic carbocycles. The van der Waals surface area contributed by atoms with Crippen LogP contribution in [0.1, 0.15) is 82.3 Å². The predicted molar refractivity (Wildman–Crippen MR) is 257 cm³/mol. The molecule has 18 N–H and O–H groups in total. The number of phenols is 2.